The molecule has 1 aromatic carbocycles. The van der Waals surface area contributed by atoms with Gasteiger partial charge in [-0.3, -0.25) is 9.89 Å². The van der Waals surface area contributed by atoms with E-state index in [9.17, 15) is 4.79 Å². The molecule has 2 aromatic rings. The first-order valence-electron chi connectivity index (χ1n) is 6.20. The molecule has 1 heterocycles. The predicted octanol–water partition coefficient (Wildman–Crippen LogP) is 2.68. The molecule has 1 aromatic heterocycles. The molecule has 2 rings (SSSR count). The van der Waals surface area contributed by atoms with Crippen LogP contribution in [-0.4, -0.2) is 16.1 Å². The zero-order valence-corrected chi connectivity index (χ0v) is 11.3. The first-order valence-corrected chi connectivity index (χ1v) is 6.20. The first kappa shape index (κ1) is 13.1. The molecule has 100 valence electrons. The number of carbonyl (C=O) groups excluding carboxylic acids is 1. The fraction of sp³-hybridized carbons (Fsp3) is 0.286. The van der Waals surface area contributed by atoms with E-state index in [-0.39, 0.29) is 5.91 Å². The molecular weight excluding hydrogens is 240 g/mol. The van der Waals surface area contributed by atoms with Crippen molar-refractivity contribution in [2.24, 2.45) is 0 Å². The molecule has 5 heteroatoms. The van der Waals surface area contributed by atoms with Crippen molar-refractivity contribution in [2.75, 3.05) is 11.1 Å². The maximum absolute atomic E-state index is 12.1. The van der Waals surface area contributed by atoms with Crippen LogP contribution in [0.25, 0.3) is 0 Å². The number of aromatic amines is 1. The Morgan fingerprint density at radius 3 is 2.74 bits per heavy atom. The van der Waals surface area contributed by atoms with Gasteiger partial charge in [-0.25, -0.2) is 0 Å². The van der Waals surface area contributed by atoms with E-state index in [4.69, 9.17) is 5.73 Å². The number of carbonyl (C=O) groups is 1. The Morgan fingerprint density at radius 1 is 1.37 bits per heavy atom. The number of H-pyrrole nitrogens is 1. The van der Waals surface area contributed by atoms with Crippen molar-refractivity contribution < 1.29 is 4.79 Å². The molecule has 4 N–H and O–H groups in total. The molecule has 0 aliphatic carbocycles. The second-order valence-electron chi connectivity index (χ2n) is 4.91. The Bertz CT molecular complexity index is 601. The third kappa shape index (κ3) is 2.93. The van der Waals surface area contributed by atoms with Gasteiger partial charge in [0, 0.05) is 17.4 Å². The summed E-state index contributed by atoms with van der Waals surface area (Å²) < 4.78 is 0. The summed E-state index contributed by atoms with van der Waals surface area (Å²) in [7, 11) is 0. The third-order valence-electron chi connectivity index (χ3n) is 2.91. The molecule has 0 fully saturated rings. The number of nitrogen functional groups attached to an aromatic ring is 1. The van der Waals surface area contributed by atoms with Crippen molar-refractivity contribution in [1.29, 1.82) is 0 Å². The van der Waals surface area contributed by atoms with Crippen LogP contribution in [0, 0.1) is 6.92 Å². The zero-order valence-electron chi connectivity index (χ0n) is 11.3. The second kappa shape index (κ2) is 5.14. The molecular formula is C14H18N4O. The lowest BCUT2D eigenvalue weighted by Gasteiger charge is -2.06. The number of nitrogens with two attached hydrogens (primary N) is 1. The Kier molecular flexibility index (Phi) is 3.55. The van der Waals surface area contributed by atoms with Gasteiger partial charge in [0.1, 0.15) is 0 Å². The van der Waals surface area contributed by atoms with Gasteiger partial charge in [0.05, 0.1) is 5.56 Å². The van der Waals surface area contributed by atoms with E-state index in [1.54, 1.807) is 12.1 Å². The van der Waals surface area contributed by atoms with Gasteiger partial charge in [-0.2, -0.15) is 5.10 Å². The van der Waals surface area contributed by atoms with Gasteiger partial charge in [0.2, 0.25) is 0 Å². The summed E-state index contributed by atoms with van der Waals surface area (Å²) in [4.78, 5) is 12.1. The molecule has 0 saturated heterocycles. The lowest BCUT2D eigenvalue weighted by atomic mass is 10.1. The van der Waals surface area contributed by atoms with Crippen molar-refractivity contribution in [1.82, 2.24) is 10.2 Å². The third-order valence-corrected chi connectivity index (χ3v) is 2.91. The number of benzene rings is 1. The highest BCUT2D eigenvalue weighted by molar-refractivity contribution is 6.07. The Balaban J connectivity index is 2.18. The number of aryl methyl sites for hydroxylation is 1. The van der Waals surface area contributed by atoms with E-state index in [0.717, 1.165) is 11.3 Å². The second-order valence-corrected chi connectivity index (χ2v) is 4.91. The lowest BCUT2D eigenvalue weighted by molar-refractivity contribution is 0.102. The molecule has 0 aliphatic heterocycles. The van der Waals surface area contributed by atoms with Crippen LogP contribution < -0.4 is 11.1 Å². The average molecular weight is 258 g/mol. The molecule has 0 atom stereocenters. The van der Waals surface area contributed by atoms with Crippen LogP contribution in [0.15, 0.2) is 24.3 Å². The summed E-state index contributed by atoms with van der Waals surface area (Å²) in [5, 5.41) is 9.69. The van der Waals surface area contributed by atoms with Crippen LogP contribution in [0.2, 0.25) is 0 Å². The number of hydrogen-bond acceptors (Lipinski definition) is 3. The summed E-state index contributed by atoms with van der Waals surface area (Å²) in [5.41, 5.74) is 8.71. The number of anilines is 2. The Labute approximate surface area is 112 Å². The van der Waals surface area contributed by atoms with E-state index < -0.39 is 0 Å². The van der Waals surface area contributed by atoms with Crippen LogP contribution in [0.3, 0.4) is 0 Å². The summed E-state index contributed by atoms with van der Waals surface area (Å²) >= 11 is 0. The molecule has 19 heavy (non-hydrogen) atoms. The Morgan fingerprint density at radius 2 is 2.11 bits per heavy atom. The first-order chi connectivity index (χ1) is 8.97. The quantitative estimate of drug-likeness (QED) is 0.740. The molecule has 0 bridgehead atoms. The number of hydrogen-bond donors (Lipinski definition) is 3. The predicted molar refractivity (Wildman–Crippen MR) is 76.2 cm³/mol. The van der Waals surface area contributed by atoms with E-state index in [2.05, 4.69) is 29.4 Å². The van der Waals surface area contributed by atoms with E-state index in [1.165, 1.54) is 0 Å². The molecule has 1 amide bonds. The topological polar surface area (TPSA) is 83.8 Å². The highest BCUT2D eigenvalue weighted by atomic mass is 16.1. The fourth-order valence-corrected chi connectivity index (χ4v) is 1.75. The van der Waals surface area contributed by atoms with Crippen LogP contribution in [0.5, 0.6) is 0 Å². The summed E-state index contributed by atoms with van der Waals surface area (Å²) in [5.74, 6) is 0.597. The Hall–Kier alpha value is -2.30. The number of amides is 1. The van der Waals surface area contributed by atoms with Crippen molar-refractivity contribution in [3.8, 4) is 0 Å². The van der Waals surface area contributed by atoms with Gasteiger partial charge in [-0.1, -0.05) is 25.5 Å². The lowest BCUT2D eigenvalue weighted by Crippen LogP contribution is -2.14. The highest BCUT2D eigenvalue weighted by Crippen LogP contribution is 2.18. The maximum atomic E-state index is 12.1. The summed E-state index contributed by atoms with van der Waals surface area (Å²) in [6, 6.07) is 7.20. The van der Waals surface area contributed by atoms with Crippen LogP contribution in [-0.2, 0) is 0 Å². The van der Waals surface area contributed by atoms with Gasteiger partial charge >= 0.3 is 0 Å². The standard InChI is InChI=1S/C14H18N4O/c1-8(2)12-7-13(18-17-12)16-14(19)10-6-9(3)4-5-11(10)15/h4-8H,15H2,1-3H3,(H2,16,17,18,19). The van der Waals surface area contributed by atoms with Crippen molar-refractivity contribution >= 4 is 17.4 Å². The van der Waals surface area contributed by atoms with Crippen LogP contribution in [0.4, 0.5) is 11.5 Å². The molecule has 0 spiro atoms. The number of aromatic nitrogens is 2. The number of nitrogens with one attached hydrogen (secondary N) is 2. The van der Waals surface area contributed by atoms with E-state index in [1.807, 2.05) is 19.1 Å². The van der Waals surface area contributed by atoms with Crippen LogP contribution >= 0.6 is 0 Å². The van der Waals surface area contributed by atoms with Gasteiger partial charge in [-0.05, 0) is 25.0 Å². The molecule has 0 saturated carbocycles. The number of nitrogens with zero attached hydrogens (tertiary/aromatic N) is 1. The SMILES string of the molecule is Cc1ccc(N)c(C(=O)Nc2cc(C(C)C)[nH]n2)c1. The van der Waals surface area contributed by atoms with Crippen molar-refractivity contribution in [3.05, 3.63) is 41.1 Å². The van der Waals surface area contributed by atoms with Gasteiger partial charge in [-0.15, -0.1) is 0 Å². The summed E-state index contributed by atoms with van der Waals surface area (Å²) in [6.45, 7) is 6.02. The van der Waals surface area contributed by atoms with E-state index in [0.29, 0.717) is 23.0 Å². The monoisotopic (exact) mass is 258 g/mol. The normalized spacial score (nSPS) is 10.7. The average Bonchev–Trinajstić information content (AvgIpc) is 2.80. The summed E-state index contributed by atoms with van der Waals surface area (Å²) in [6.07, 6.45) is 0. The largest absolute Gasteiger partial charge is 0.398 e. The maximum Gasteiger partial charge on any atom is 0.258 e. The molecule has 0 unspecified atom stereocenters. The fourth-order valence-electron chi connectivity index (χ4n) is 1.75. The molecule has 0 aliphatic rings. The zero-order chi connectivity index (χ0) is 14.0. The minimum atomic E-state index is -0.247. The van der Waals surface area contributed by atoms with Gasteiger partial charge < -0.3 is 11.1 Å². The van der Waals surface area contributed by atoms with Gasteiger partial charge in [0.15, 0.2) is 5.82 Å². The van der Waals surface area contributed by atoms with Crippen LogP contribution in [0.1, 0.15) is 41.4 Å². The number of rotatable bonds is 3. The van der Waals surface area contributed by atoms with Crippen molar-refractivity contribution in [3.63, 3.8) is 0 Å². The molecule has 5 nitrogen and oxygen atoms in total. The minimum absolute atomic E-state index is 0.247. The smallest absolute Gasteiger partial charge is 0.258 e. The minimum Gasteiger partial charge on any atom is -0.398 e. The highest BCUT2D eigenvalue weighted by Gasteiger charge is 2.12. The molecule has 0 radical (unpaired) electrons. The van der Waals surface area contributed by atoms with Gasteiger partial charge in [0.25, 0.3) is 5.91 Å². The van der Waals surface area contributed by atoms with Crippen molar-refractivity contribution in [2.45, 2.75) is 26.7 Å². The van der Waals surface area contributed by atoms with E-state index >= 15 is 0 Å².